The van der Waals surface area contributed by atoms with Gasteiger partial charge in [-0.05, 0) is 24.3 Å². The Labute approximate surface area is 82.8 Å². The number of fused-ring (bicyclic) bond motifs is 1. The van der Waals surface area contributed by atoms with Crippen LogP contribution in [-0.4, -0.2) is 9.65 Å². The Morgan fingerprint density at radius 2 is 2.08 bits per heavy atom. The summed E-state index contributed by atoms with van der Waals surface area (Å²) in [4.78, 5) is 1.33. The molecule has 0 fully saturated rings. The summed E-state index contributed by atoms with van der Waals surface area (Å²) in [6.45, 7) is 4.43. The minimum atomic E-state index is 0.646. The number of rotatable bonds is 2. The smallest absolute Gasteiger partial charge is 0.0450 e. The van der Waals surface area contributed by atoms with Gasteiger partial charge in [0.05, 0.1) is 0 Å². The Morgan fingerprint density at radius 1 is 1.23 bits per heavy atom. The van der Waals surface area contributed by atoms with E-state index in [2.05, 4.69) is 54.9 Å². The number of thioether (sulfide) groups is 1. The van der Waals surface area contributed by atoms with E-state index in [0.717, 1.165) is 0 Å². The molecule has 0 aliphatic carbocycles. The molecule has 0 radical (unpaired) electrons. The van der Waals surface area contributed by atoms with E-state index in [1.807, 2.05) is 11.8 Å². The van der Waals surface area contributed by atoms with Crippen LogP contribution < -0.4 is 0 Å². The molecule has 0 aromatic carbocycles. The van der Waals surface area contributed by atoms with Crippen molar-refractivity contribution in [2.75, 3.05) is 0 Å². The minimum absolute atomic E-state index is 0.646. The lowest BCUT2D eigenvalue weighted by Crippen LogP contribution is -1.88. The molecule has 0 spiro atoms. The topological polar surface area (TPSA) is 4.41 Å². The van der Waals surface area contributed by atoms with Gasteiger partial charge in [0.25, 0.3) is 0 Å². The van der Waals surface area contributed by atoms with Crippen LogP contribution in [0, 0.1) is 0 Å². The highest BCUT2D eigenvalue weighted by atomic mass is 32.2. The van der Waals surface area contributed by atoms with Crippen LogP contribution in [0.4, 0.5) is 0 Å². The molecule has 2 heterocycles. The molecular formula is C11H13NS. The first-order valence-corrected chi connectivity index (χ1v) is 5.37. The predicted octanol–water partition coefficient (Wildman–Crippen LogP) is 3.44. The Bertz CT molecular complexity index is 403. The zero-order chi connectivity index (χ0) is 9.26. The zero-order valence-corrected chi connectivity index (χ0v) is 8.71. The first-order valence-electron chi connectivity index (χ1n) is 4.49. The van der Waals surface area contributed by atoms with Crippen molar-refractivity contribution in [3.05, 3.63) is 36.7 Å². The van der Waals surface area contributed by atoms with E-state index in [4.69, 9.17) is 0 Å². The lowest BCUT2D eigenvalue weighted by molar-refractivity contribution is 1.09. The summed E-state index contributed by atoms with van der Waals surface area (Å²) in [6.07, 6.45) is 4.26. The lowest BCUT2D eigenvalue weighted by atomic mass is 10.4. The largest absolute Gasteiger partial charge is 0.323 e. The second kappa shape index (κ2) is 3.46. The number of hydrogen-bond donors (Lipinski definition) is 0. The summed E-state index contributed by atoms with van der Waals surface area (Å²) in [5.74, 6) is 0. The highest BCUT2D eigenvalue weighted by Crippen LogP contribution is 2.23. The highest BCUT2D eigenvalue weighted by molar-refractivity contribution is 7.99. The monoisotopic (exact) mass is 191 g/mol. The van der Waals surface area contributed by atoms with E-state index < -0.39 is 0 Å². The van der Waals surface area contributed by atoms with Crippen LogP contribution in [0.25, 0.3) is 5.52 Å². The molecule has 0 saturated carbocycles. The van der Waals surface area contributed by atoms with Gasteiger partial charge in [0.2, 0.25) is 0 Å². The molecule has 0 N–H and O–H groups in total. The number of hydrogen-bond acceptors (Lipinski definition) is 1. The Hall–Kier alpha value is -0.890. The van der Waals surface area contributed by atoms with Crippen molar-refractivity contribution in [2.24, 2.45) is 0 Å². The van der Waals surface area contributed by atoms with Gasteiger partial charge in [0, 0.05) is 28.1 Å². The van der Waals surface area contributed by atoms with Crippen LogP contribution in [-0.2, 0) is 0 Å². The molecule has 0 unspecified atom stereocenters. The van der Waals surface area contributed by atoms with Gasteiger partial charge in [-0.15, -0.1) is 11.8 Å². The number of aromatic nitrogens is 1. The van der Waals surface area contributed by atoms with E-state index in [0.29, 0.717) is 5.25 Å². The third kappa shape index (κ3) is 1.89. The van der Waals surface area contributed by atoms with Gasteiger partial charge in [0.1, 0.15) is 0 Å². The van der Waals surface area contributed by atoms with Crippen molar-refractivity contribution in [1.29, 1.82) is 0 Å². The van der Waals surface area contributed by atoms with Gasteiger partial charge in [-0.1, -0.05) is 13.8 Å². The summed E-state index contributed by atoms with van der Waals surface area (Å²) in [5, 5.41) is 0.646. The van der Waals surface area contributed by atoms with E-state index in [-0.39, 0.29) is 0 Å². The van der Waals surface area contributed by atoms with E-state index >= 15 is 0 Å². The molecule has 1 nitrogen and oxygen atoms in total. The normalized spacial score (nSPS) is 11.3. The van der Waals surface area contributed by atoms with E-state index in [1.165, 1.54) is 10.4 Å². The second-order valence-corrected chi connectivity index (χ2v) is 5.02. The van der Waals surface area contributed by atoms with Crippen LogP contribution in [0.15, 0.2) is 41.6 Å². The standard InChI is InChI=1S/C11H13NS/c1-9(2)13-11-6-5-10-4-3-7-12(10)8-11/h3-9H,1-2H3. The molecule has 0 bridgehead atoms. The quantitative estimate of drug-likeness (QED) is 0.658. The molecular weight excluding hydrogens is 178 g/mol. The Morgan fingerprint density at radius 3 is 2.85 bits per heavy atom. The summed E-state index contributed by atoms with van der Waals surface area (Å²) in [7, 11) is 0. The molecule has 2 aromatic heterocycles. The van der Waals surface area contributed by atoms with Crippen LogP contribution in [0.5, 0.6) is 0 Å². The molecule has 2 rings (SSSR count). The van der Waals surface area contributed by atoms with E-state index in [9.17, 15) is 0 Å². The second-order valence-electron chi connectivity index (χ2n) is 3.37. The average Bonchev–Trinajstić information content (AvgIpc) is 2.49. The van der Waals surface area contributed by atoms with Crippen molar-refractivity contribution in [3.8, 4) is 0 Å². The fraction of sp³-hybridized carbons (Fsp3) is 0.273. The van der Waals surface area contributed by atoms with Crippen molar-refractivity contribution in [2.45, 2.75) is 24.0 Å². The summed E-state index contributed by atoms with van der Waals surface area (Å²) in [6, 6.07) is 8.52. The van der Waals surface area contributed by atoms with Gasteiger partial charge in [-0.25, -0.2) is 0 Å². The Kier molecular flexibility index (Phi) is 2.32. The maximum Gasteiger partial charge on any atom is 0.0450 e. The van der Waals surface area contributed by atoms with Crippen molar-refractivity contribution in [3.63, 3.8) is 0 Å². The minimum Gasteiger partial charge on any atom is -0.323 e. The molecule has 68 valence electrons. The van der Waals surface area contributed by atoms with Crippen molar-refractivity contribution in [1.82, 2.24) is 4.40 Å². The van der Waals surface area contributed by atoms with Crippen LogP contribution >= 0.6 is 11.8 Å². The zero-order valence-electron chi connectivity index (χ0n) is 7.90. The molecule has 2 aromatic rings. The summed E-state index contributed by atoms with van der Waals surface area (Å²) < 4.78 is 2.16. The molecule has 0 atom stereocenters. The summed E-state index contributed by atoms with van der Waals surface area (Å²) >= 11 is 1.90. The SMILES string of the molecule is CC(C)Sc1ccc2cccn2c1. The van der Waals surface area contributed by atoms with Crippen molar-refractivity contribution < 1.29 is 0 Å². The maximum absolute atomic E-state index is 2.21. The van der Waals surface area contributed by atoms with Crippen LogP contribution in [0.1, 0.15) is 13.8 Å². The molecule has 0 aliphatic heterocycles. The van der Waals surface area contributed by atoms with Gasteiger partial charge in [-0.2, -0.15) is 0 Å². The fourth-order valence-corrected chi connectivity index (χ4v) is 2.22. The van der Waals surface area contributed by atoms with Gasteiger partial charge in [0.15, 0.2) is 0 Å². The maximum atomic E-state index is 2.21. The molecule has 0 aliphatic rings. The first kappa shape index (κ1) is 8.70. The van der Waals surface area contributed by atoms with Crippen molar-refractivity contribution >= 4 is 17.3 Å². The third-order valence-corrected chi connectivity index (χ3v) is 2.85. The van der Waals surface area contributed by atoms with Gasteiger partial charge in [-0.3, -0.25) is 0 Å². The lowest BCUT2D eigenvalue weighted by Gasteiger charge is -2.05. The van der Waals surface area contributed by atoms with Gasteiger partial charge < -0.3 is 4.40 Å². The molecule has 0 amide bonds. The summed E-state index contributed by atoms with van der Waals surface area (Å²) in [5.41, 5.74) is 1.26. The molecule has 2 heteroatoms. The Balaban J connectivity index is 2.37. The molecule has 13 heavy (non-hydrogen) atoms. The van der Waals surface area contributed by atoms with Gasteiger partial charge >= 0.3 is 0 Å². The predicted molar refractivity (Wildman–Crippen MR) is 58.4 cm³/mol. The molecule has 0 saturated heterocycles. The fourth-order valence-electron chi connectivity index (χ4n) is 1.36. The number of pyridine rings is 1. The third-order valence-electron chi connectivity index (χ3n) is 1.87. The van der Waals surface area contributed by atoms with Crippen LogP contribution in [0.3, 0.4) is 0 Å². The highest BCUT2D eigenvalue weighted by Gasteiger charge is 1.98. The average molecular weight is 191 g/mol. The van der Waals surface area contributed by atoms with E-state index in [1.54, 1.807) is 0 Å². The number of nitrogens with zero attached hydrogens (tertiary/aromatic N) is 1. The first-order chi connectivity index (χ1) is 6.25. The van der Waals surface area contributed by atoms with Crippen LogP contribution in [0.2, 0.25) is 0 Å².